The fraction of sp³-hybridized carbons (Fsp3) is 0.936. The summed E-state index contributed by atoms with van der Waals surface area (Å²) in [5.41, 5.74) is 1.22. The van der Waals surface area contributed by atoms with E-state index in [2.05, 4.69) is 163 Å². The van der Waals surface area contributed by atoms with E-state index in [9.17, 15) is 0 Å². The minimum Gasteiger partial charge on any atom is -0.338 e. The molecule has 4 rings (SSSR count). The van der Waals surface area contributed by atoms with Gasteiger partial charge in [0.25, 0.3) is 0 Å². The summed E-state index contributed by atoms with van der Waals surface area (Å²) in [6.45, 7) is 42.1. The van der Waals surface area contributed by atoms with Gasteiger partial charge >= 0.3 is 0 Å². The predicted octanol–water partition coefficient (Wildman–Crippen LogP) is 11.3. The average Bonchev–Trinajstić information content (AvgIpc) is 3.07. The van der Waals surface area contributed by atoms with Crippen molar-refractivity contribution in [1.82, 2.24) is 29.7 Å². The van der Waals surface area contributed by atoms with E-state index in [1.807, 2.05) is 0 Å². The van der Waals surface area contributed by atoms with Crippen molar-refractivity contribution in [2.45, 2.75) is 241 Å². The highest BCUT2D eigenvalue weighted by molar-refractivity contribution is 5.42. The van der Waals surface area contributed by atoms with Gasteiger partial charge in [0.05, 0.1) is 0 Å². The zero-order valence-corrected chi connectivity index (χ0v) is 39.6. The van der Waals surface area contributed by atoms with Crippen LogP contribution in [0.3, 0.4) is 0 Å². The summed E-state index contributed by atoms with van der Waals surface area (Å²) in [7, 11) is 6.90. The highest BCUT2D eigenvalue weighted by Gasteiger charge is 2.50. The lowest BCUT2D eigenvalue weighted by Crippen LogP contribution is -2.64. The predicted molar refractivity (Wildman–Crippen MR) is 242 cm³/mol. The van der Waals surface area contributed by atoms with Crippen LogP contribution in [0.15, 0.2) is 0 Å². The van der Waals surface area contributed by atoms with E-state index in [4.69, 9.17) is 15.0 Å². The largest absolute Gasteiger partial charge is 0.338 e. The van der Waals surface area contributed by atoms with E-state index in [0.717, 1.165) is 94.0 Å². The third-order valence-electron chi connectivity index (χ3n) is 15.8. The van der Waals surface area contributed by atoms with Crippen LogP contribution in [-0.2, 0) is 0 Å². The molecular weight excluding hydrogens is 677 g/mol. The number of hydrogen-bond donors (Lipinski definition) is 0. The molecule has 55 heavy (non-hydrogen) atoms. The van der Waals surface area contributed by atoms with Gasteiger partial charge in [0.1, 0.15) is 5.82 Å². The number of aryl methyl sites for hydroxylation is 1. The van der Waals surface area contributed by atoms with Crippen LogP contribution in [0.25, 0.3) is 0 Å². The van der Waals surface area contributed by atoms with Crippen LogP contribution in [0, 0.1) is 18.8 Å². The highest BCUT2D eigenvalue weighted by Crippen LogP contribution is 2.47. The topological polar surface area (TPSA) is 54.9 Å². The van der Waals surface area contributed by atoms with E-state index in [-0.39, 0.29) is 29.6 Å². The summed E-state index contributed by atoms with van der Waals surface area (Å²) in [5, 5.41) is 0. The lowest BCUT2D eigenvalue weighted by Gasteiger charge is -2.59. The first-order valence-corrected chi connectivity index (χ1v) is 22.2. The number of hydrogen-bond acceptors (Lipinski definition) is 8. The van der Waals surface area contributed by atoms with Crippen molar-refractivity contribution in [1.29, 1.82) is 0 Å². The molecule has 1 aromatic rings. The quantitative estimate of drug-likeness (QED) is 0.208. The Balaban J connectivity index is 0.000000548. The summed E-state index contributed by atoms with van der Waals surface area (Å²) >= 11 is 0. The Labute approximate surface area is 343 Å². The number of nitrogens with zero attached hydrogens (tertiary/aromatic N) is 8. The molecule has 8 nitrogen and oxygen atoms in total. The third-order valence-corrected chi connectivity index (χ3v) is 15.8. The first kappa shape index (κ1) is 49.6. The molecule has 0 radical (unpaired) electrons. The molecule has 0 amide bonds. The zero-order valence-electron chi connectivity index (χ0n) is 39.6. The van der Waals surface area contributed by atoms with Crippen molar-refractivity contribution in [3.05, 3.63) is 5.82 Å². The molecule has 3 fully saturated rings. The molecule has 1 aromatic heterocycles. The number of aromatic nitrogens is 3. The molecular formula is C47H94N8. The maximum Gasteiger partial charge on any atom is 0.230 e. The molecule has 0 saturated carbocycles. The molecule has 0 aromatic carbocycles. The molecule has 4 atom stereocenters. The average molecular weight is 771 g/mol. The molecule has 4 unspecified atom stereocenters. The summed E-state index contributed by atoms with van der Waals surface area (Å²) in [6, 6.07) is 0.801. The molecule has 0 N–H and O–H groups in total. The van der Waals surface area contributed by atoms with Gasteiger partial charge in [0, 0.05) is 58.4 Å². The Morgan fingerprint density at radius 1 is 0.564 bits per heavy atom. The Kier molecular flexibility index (Phi) is 16.8. The van der Waals surface area contributed by atoms with Gasteiger partial charge < -0.3 is 9.80 Å². The van der Waals surface area contributed by atoms with Crippen LogP contribution < -0.4 is 9.80 Å². The molecule has 8 heteroatoms. The van der Waals surface area contributed by atoms with Crippen LogP contribution in [-0.4, -0.2) is 109 Å². The van der Waals surface area contributed by atoms with E-state index < -0.39 is 0 Å². The van der Waals surface area contributed by atoms with Gasteiger partial charge in [-0.2, -0.15) is 15.0 Å². The van der Waals surface area contributed by atoms with Gasteiger partial charge in [-0.25, -0.2) is 0 Å². The fourth-order valence-electron chi connectivity index (χ4n) is 10.8. The van der Waals surface area contributed by atoms with Crippen LogP contribution in [0.5, 0.6) is 0 Å². The number of unbranched alkanes of at least 4 members (excludes halogenated alkanes) is 2. The number of rotatable bonds is 12. The Hall–Kier alpha value is -1.51. The molecule has 3 saturated heterocycles. The van der Waals surface area contributed by atoms with Crippen molar-refractivity contribution in [2.75, 3.05) is 44.0 Å². The van der Waals surface area contributed by atoms with Crippen LogP contribution >= 0.6 is 0 Å². The molecule has 322 valence electrons. The molecule has 3 aliphatic heterocycles. The molecule has 0 spiro atoms. The van der Waals surface area contributed by atoms with Crippen molar-refractivity contribution < 1.29 is 0 Å². The van der Waals surface area contributed by atoms with Gasteiger partial charge in [-0.05, 0) is 167 Å². The fourth-order valence-corrected chi connectivity index (χ4v) is 10.8. The second-order valence-corrected chi connectivity index (χ2v) is 21.2. The second kappa shape index (κ2) is 18.6. The minimum absolute atomic E-state index is 0. The number of likely N-dealkylation sites (tertiary alicyclic amines) is 3. The van der Waals surface area contributed by atoms with Crippen molar-refractivity contribution in [3.63, 3.8) is 0 Å². The van der Waals surface area contributed by atoms with Gasteiger partial charge in [0.15, 0.2) is 0 Å². The first-order valence-electron chi connectivity index (χ1n) is 22.2. The SMILES string of the molecule is C.CCC1(C)CC(C)C(C)C(C)(CC)N1C.CCCCN(c1nc(C)nc(N(CCCC)C2CC(C)(C)N(C)C(C)(C)C2)n1)C1CC(C)(C)N(C)C(C)(C)C1. The van der Waals surface area contributed by atoms with Crippen LogP contribution in [0.1, 0.15) is 195 Å². The monoisotopic (exact) mass is 771 g/mol. The van der Waals surface area contributed by atoms with E-state index in [0.29, 0.717) is 23.2 Å². The van der Waals surface area contributed by atoms with Crippen molar-refractivity contribution >= 4 is 11.9 Å². The molecule has 0 aliphatic carbocycles. The smallest absolute Gasteiger partial charge is 0.230 e. The first-order chi connectivity index (χ1) is 24.8. The van der Waals surface area contributed by atoms with Gasteiger partial charge in [0.2, 0.25) is 11.9 Å². The molecule has 4 heterocycles. The normalized spacial score (nSPS) is 29.9. The van der Waals surface area contributed by atoms with Crippen molar-refractivity contribution in [3.8, 4) is 0 Å². The maximum atomic E-state index is 5.32. The van der Waals surface area contributed by atoms with Crippen molar-refractivity contribution in [2.24, 2.45) is 11.8 Å². The Bertz CT molecular complexity index is 1230. The summed E-state index contributed by atoms with van der Waals surface area (Å²) < 4.78 is 0. The lowest BCUT2D eigenvalue weighted by molar-refractivity contribution is -0.0881. The van der Waals surface area contributed by atoms with Gasteiger partial charge in [-0.15, -0.1) is 0 Å². The van der Waals surface area contributed by atoms with Gasteiger partial charge in [-0.3, -0.25) is 14.7 Å². The van der Waals surface area contributed by atoms with Gasteiger partial charge in [-0.1, -0.05) is 61.8 Å². The van der Waals surface area contributed by atoms with E-state index >= 15 is 0 Å². The third kappa shape index (κ3) is 10.8. The lowest BCUT2D eigenvalue weighted by atomic mass is 9.65. The van der Waals surface area contributed by atoms with E-state index in [1.54, 1.807) is 0 Å². The molecule has 0 bridgehead atoms. The second-order valence-electron chi connectivity index (χ2n) is 21.2. The highest BCUT2D eigenvalue weighted by atomic mass is 15.4. The summed E-state index contributed by atoms with van der Waals surface area (Å²) in [5.74, 6) is 4.22. The Morgan fingerprint density at radius 3 is 1.24 bits per heavy atom. The molecule has 3 aliphatic rings. The number of anilines is 2. The maximum absolute atomic E-state index is 5.32. The van der Waals surface area contributed by atoms with E-state index in [1.165, 1.54) is 19.3 Å². The van der Waals surface area contributed by atoms with Crippen LogP contribution in [0.2, 0.25) is 0 Å². The number of piperidine rings is 3. The zero-order chi connectivity index (χ0) is 41.2. The Morgan fingerprint density at radius 2 is 0.927 bits per heavy atom. The standard InChI is InChI=1S/C32H61N7.C14H29N.CH4/c1-14-16-18-38(25-20-29(4,5)36(12)30(6,7)21-25)27-33-24(3)34-28(35-27)39(19-17-15-2)26-22-31(8,9)37(13)32(10,11)23-26;1-8-13(5)10-11(3)12(4)14(6,9-2)15(13)7;/h25-26H,14-23H2,1-13H3;11-12H,8-10H2,1-7H3;1H4. The van der Waals surface area contributed by atoms with Crippen LogP contribution in [0.4, 0.5) is 11.9 Å². The summed E-state index contributed by atoms with van der Waals surface area (Å²) in [4.78, 5) is 28.2. The summed E-state index contributed by atoms with van der Waals surface area (Å²) in [6.07, 6.45) is 12.9. The minimum atomic E-state index is 0.